The molecule has 2 aliphatic rings. The average Bonchev–Trinajstić information content (AvgIpc) is 3.49. The number of oxazole rings is 1. The minimum atomic E-state index is 0.00352. The normalized spacial score (nSPS) is 20.9. The van der Waals surface area contributed by atoms with Gasteiger partial charge in [0.15, 0.2) is 5.69 Å². The van der Waals surface area contributed by atoms with Crippen molar-refractivity contribution < 1.29 is 9.21 Å². The fourth-order valence-corrected chi connectivity index (χ4v) is 4.89. The summed E-state index contributed by atoms with van der Waals surface area (Å²) in [6.45, 7) is 2.19. The van der Waals surface area contributed by atoms with Crippen molar-refractivity contribution in [1.29, 1.82) is 0 Å². The summed E-state index contributed by atoms with van der Waals surface area (Å²) in [7, 11) is 0. The van der Waals surface area contributed by atoms with Crippen molar-refractivity contribution >= 4 is 16.9 Å². The molecule has 1 saturated carbocycles. The van der Waals surface area contributed by atoms with Crippen LogP contribution in [0.5, 0.6) is 0 Å². The Morgan fingerprint density at radius 1 is 1.11 bits per heavy atom. The molecular weight excluding hydrogens is 352 g/mol. The van der Waals surface area contributed by atoms with Gasteiger partial charge in [0.05, 0.1) is 17.4 Å². The maximum atomic E-state index is 12.9. The lowest BCUT2D eigenvalue weighted by Crippen LogP contribution is -2.30. The molecule has 28 heavy (non-hydrogen) atoms. The lowest BCUT2D eigenvalue weighted by Gasteiger charge is -2.27. The summed E-state index contributed by atoms with van der Waals surface area (Å²) in [5, 5.41) is 0. The molecule has 0 bridgehead atoms. The number of amides is 1. The largest absolute Gasteiger partial charge is 0.446 e. The minimum Gasteiger partial charge on any atom is -0.446 e. The quantitative estimate of drug-likeness (QED) is 0.685. The Kier molecular flexibility index (Phi) is 4.63. The van der Waals surface area contributed by atoms with Crippen molar-refractivity contribution in [2.24, 2.45) is 11.8 Å². The SMILES string of the molecule is O=C(c1coc(Cn2cnc3ccccc32)n1)N1CC[C@@H](C2CCCCC2)C1. The molecule has 0 spiro atoms. The van der Waals surface area contributed by atoms with Crippen LogP contribution in [-0.4, -0.2) is 38.4 Å². The van der Waals surface area contributed by atoms with Crippen LogP contribution in [0.3, 0.4) is 0 Å². The summed E-state index contributed by atoms with van der Waals surface area (Å²) < 4.78 is 7.59. The third-order valence-corrected chi connectivity index (χ3v) is 6.43. The Bertz CT molecular complexity index is 970. The van der Waals surface area contributed by atoms with Gasteiger partial charge in [-0.2, -0.15) is 0 Å². The van der Waals surface area contributed by atoms with Crippen LogP contribution in [0.25, 0.3) is 11.0 Å². The van der Waals surface area contributed by atoms with Crippen molar-refractivity contribution in [1.82, 2.24) is 19.4 Å². The molecule has 1 aliphatic heterocycles. The molecule has 1 saturated heterocycles. The fraction of sp³-hybridized carbons (Fsp3) is 0.500. The Labute approximate surface area is 164 Å². The maximum Gasteiger partial charge on any atom is 0.275 e. The summed E-state index contributed by atoms with van der Waals surface area (Å²) in [4.78, 5) is 23.7. The van der Waals surface area contributed by atoms with Crippen LogP contribution >= 0.6 is 0 Å². The van der Waals surface area contributed by atoms with Gasteiger partial charge in [0.1, 0.15) is 12.8 Å². The van der Waals surface area contributed by atoms with E-state index in [-0.39, 0.29) is 5.91 Å². The fourth-order valence-electron chi connectivity index (χ4n) is 4.89. The van der Waals surface area contributed by atoms with E-state index in [1.165, 1.54) is 38.4 Å². The first-order valence-corrected chi connectivity index (χ1v) is 10.4. The zero-order valence-corrected chi connectivity index (χ0v) is 16.1. The zero-order chi connectivity index (χ0) is 18.9. The Hall–Kier alpha value is -2.63. The number of likely N-dealkylation sites (tertiary alicyclic amines) is 1. The monoisotopic (exact) mass is 378 g/mol. The van der Waals surface area contributed by atoms with Crippen LogP contribution < -0.4 is 0 Å². The molecule has 2 aromatic heterocycles. The smallest absolute Gasteiger partial charge is 0.275 e. The van der Waals surface area contributed by atoms with E-state index in [1.54, 1.807) is 6.33 Å². The van der Waals surface area contributed by atoms with Crippen LogP contribution in [0.4, 0.5) is 0 Å². The molecule has 3 aromatic rings. The number of carbonyl (C=O) groups is 1. The predicted molar refractivity (Wildman–Crippen MR) is 106 cm³/mol. The topological polar surface area (TPSA) is 64.2 Å². The van der Waals surface area contributed by atoms with Crippen LogP contribution in [0, 0.1) is 11.8 Å². The molecule has 3 heterocycles. The molecule has 1 amide bonds. The van der Waals surface area contributed by atoms with Gasteiger partial charge >= 0.3 is 0 Å². The molecule has 0 radical (unpaired) electrons. The standard InChI is InChI=1S/C22H26N4O2/c27-22(25-11-10-17(12-25)16-6-2-1-3-7-16)19-14-28-21(24-19)13-26-15-23-18-8-4-5-9-20(18)26/h4-5,8-9,14-17H,1-3,6-7,10-13H2/t17-/m1/s1. The van der Waals surface area contributed by atoms with Gasteiger partial charge in [-0.3, -0.25) is 4.79 Å². The number of fused-ring (bicyclic) bond motifs is 1. The van der Waals surface area contributed by atoms with Crippen LogP contribution in [-0.2, 0) is 6.54 Å². The number of hydrogen-bond donors (Lipinski definition) is 0. The number of imidazole rings is 1. The van der Waals surface area contributed by atoms with Gasteiger partial charge in [0.2, 0.25) is 5.89 Å². The molecule has 2 fully saturated rings. The van der Waals surface area contributed by atoms with Gasteiger partial charge in [-0.05, 0) is 30.4 Å². The number of para-hydroxylation sites is 2. The number of nitrogens with zero attached hydrogens (tertiary/aromatic N) is 4. The molecule has 0 unspecified atom stereocenters. The lowest BCUT2D eigenvalue weighted by atomic mass is 9.80. The first-order chi connectivity index (χ1) is 13.8. The Morgan fingerprint density at radius 2 is 1.96 bits per heavy atom. The molecular formula is C22H26N4O2. The van der Waals surface area contributed by atoms with Crippen LogP contribution in [0.15, 0.2) is 41.3 Å². The molecule has 1 aromatic carbocycles. The highest BCUT2D eigenvalue weighted by Crippen LogP contribution is 2.35. The van der Waals surface area contributed by atoms with Gasteiger partial charge in [0.25, 0.3) is 5.91 Å². The molecule has 6 nitrogen and oxygen atoms in total. The number of carbonyl (C=O) groups excluding carboxylic acids is 1. The Balaban J connectivity index is 1.25. The second kappa shape index (κ2) is 7.41. The molecule has 146 valence electrons. The van der Waals surface area contributed by atoms with E-state index in [1.807, 2.05) is 33.7 Å². The van der Waals surface area contributed by atoms with E-state index < -0.39 is 0 Å². The van der Waals surface area contributed by atoms with Crippen LogP contribution in [0.1, 0.15) is 54.9 Å². The summed E-state index contributed by atoms with van der Waals surface area (Å²) in [5.74, 6) is 2.00. The second-order valence-corrected chi connectivity index (χ2v) is 8.19. The first kappa shape index (κ1) is 17.5. The van der Waals surface area contributed by atoms with Crippen molar-refractivity contribution in [2.45, 2.75) is 45.1 Å². The van der Waals surface area contributed by atoms with Crippen LogP contribution in [0.2, 0.25) is 0 Å². The number of aromatic nitrogens is 3. The molecule has 5 rings (SSSR count). The van der Waals surface area contributed by atoms with Gasteiger partial charge in [-0.1, -0.05) is 44.2 Å². The van der Waals surface area contributed by atoms with Gasteiger partial charge in [0, 0.05) is 13.1 Å². The summed E-state index contributed by atoms with van der Waals surface area (Å²) in [6, 6.07) is 7.96. The third-order valence-electron chi connectivity index (χ3n) is 6.43. The van der Waals surface area contributed by atoms with E-state index in [0.29, 0.717) is 24.0 Å². The van der Waals surface area contributed by atoms with Crippen molar-refractivity contribution in [3.63, 3.8) is 0 Å². The highest BCUT2D eigenvalue weighted by atomic mass is 16.3. The molecule has 1 aliphatic carbocycles. The number of rotatable bonds is 4. The third kappa shape index (κ3) is 3.32. The van der Waals surface area contributed by atoms with Crippen molar-refractivity contribution in [3.8, 4) is 0 Å². The second-order valence-electron chi connectivity index (χ2n) is 8.19. The van der Waals surface area contributed by atoms with Gasteiger partial charge < -0.3 is 13.9 Å². The van der Waals surface area contributed by atoms with Crippen molar-refractivity contribution in [2.75, 3.05) is 13.1 Å². The first-order valence-electron chi connectivity index (χ1n) is 10.4. The predicted octanol–water partition coefficient (Wildman–Crippen LogP) is 4.12. The summed E-state index contributed by atoms with van der Waals surface area (Å²) in [5.41, 5.74) is 2.39. The highest BCUT2D eigenvalue weighted by molar-refractivity contribution is 5.92. The molecule has 0 N–H and O–H groups in total. The molecule has 6 heteroatoms. The van der Waals surface area contributed by atoms with Gasteiger partial charge in [-0.25, -0.2) is 9.97 Å². The van der Waals surface area contributed by atoms with E-state index in [9.17, 15) is 4.79 Å². The summed E-state index contributed by atoms with van der Waals surface area (Å²) >= 11 is 0. The zero-order valence-electron chi connectivity index (χ0n) is 16.1. The van der Waals surface area contributed by atoms with E-state index >= 15 is 0 Å². The van der Waals surface area contributed by atoms with E-state index in [0.717, 1.165) is 36.5 Å². The molecule has 1 atom stereocenters. The van der Waals surface area contributed by atoms with E-state index in [4.69, 9.17) is 4.42 Å². The van der Waals surface area contributed by atoms with Gasteiger partial charge in [-0.15, -0.1) is 0 Å². The lowest BCUT2D eigenvalue weighted by molar-refractivity contribution is 0.0774. The highest BCUT2D eigenvalue weighted by Gasteiger charge is 2.33. The average molecular weight is 378 g/mol. The summed E-state index contributed by atoms with van der Waals surface area (Å²) in [6.07, 6.45) is 11.2. The number of benzene rings is 1. The maximum absolute atomic E-state index is 12.9. The Morgan fingerprint density at radius 3 is 2.86 bits per heavy atom. The minimum absolute atomic E-state index is 0.00352. The van der Waals surface area contributed by atoms with Crippen molar-refractivity contribution in [3.05, 3.63) is 48.4 Å². The van der Waals surface area contributed by atoms with E-state index in [2.05, 4.69) is 9.97 Å². The number of hydrogen-bond acceptors (Lipinski definition) is 4.